The maximum atomic E-state index is 11.0. The molecule has 1 N–H and O–H groups in total. The fraction of sp³-hybridized carbons (Fsp3) is 0.250. The molecule has 0 aliphatic rings. The Balaban J connectivity index is 2.15. The predicted molar refractivity (Wildman–Crippen MR) is 63.5 cm³/mol. The smallest absolute Gasteiger partial charge is 0.339 e. The number of aryl methyl sites for hydroxylation is 2. The molecule has 18 heavy (non-hydrogen) atoms. The van der Waals surface area contributed by atoms with Crippen LogP contribution in [0.4, 0.5) is 0 Å². The molecule has 0 saturated heterocycles. The third kappa shape index (κ3) is 2.48. The van der Waals surface area contributed by atoms with Gasteiger partial charge in [-0.05, 0) is 19.1 Å². The predicted octanol–water partition coefficient (Wildman–Crippen LogP) is 1.40. The van der Waals surface area contributed by atoms with Crippen molar-refractivity contribution in [2.45, 2.75) is 13.5 Å². The van der Waals surface area contributed by atoms with Gasteiger partial charge in [0.2, 0.25) is 0 Å². The van der Waals surface area contributed by atoms with Gasteiger partial charge in [-0.25, -0.2) is 4.79 Å². The van der Waals surface area contributed by atoms with Crippen LogP contribution in [0, 0.1) is 6.92 Å². The number of nitrogens with zero attached hydrogens (tertiary/aromatic N) is 3. The molecule has 2 aromatic rings. The van der Waals surface area contributed by atoms with Gasteiger partial charge in [0.25, 0.3) is 0 Å². The van der Waals surface area contributed by atoms with Gasteiger partial charge in [-0.1, -0.05) is 0 Å². The SMILES string of the molecule is Cc1cc(COc2cnccc2C(=O)O)n(C)n1. The molecule has 6 heteroatoms. The fourth-order valence-corrected chi connectivity index (χ4v) is 1.62. The lowest BCUT2D eigenvalue weighted by atomic mass is 10.2. The number of pyridine rings is 1. The quantitative estimate of drug-likeness (QED) is 0.883. The van der Waals surface area contributed by atoms with Crippen molar-refractivity contribution in [2.75, 3.05) is 0 Å². The van der Waals surface area contributed by atoms with Crippen LogP contribution in [-0.2, 0) is 13.7 Å². The number of hydrogen-bond acceptors (Lipinski definition) is 4. The van der Waals surface area contributed by atoms with Crippen molar-refractivity contribution in [3.63, 3.8) is 0 Å². The van der Waals surface area contributed by atoms with Crippen LogP contribution in [0.25, 0.3) is 0 Å². The van der Waals surface area contributed by atoms with E-state index in [-0.39, 0.29) is 17.9 Å². The van der Waals surface area contributed by atoms with Crippen LogP contribution in [0.15, 0.2) is 24.5 Å². The molecule has 2 aromatic heterocycles. The summed E-state index contributed by atoms with van der Waals surface area (Å²) in [6, 6.07) is 3.29. The first kappa shape index (κ1) is 12.1. The van der Waals surface area contributed by atoms with E-state index in [1.165, 1.54) is 18.5 Å². The highest BCUT2D eigenvalue weighted by molar-refractivity contribution is 5.90. The first-order chi connectivity index (χ1) is 8.58. The first-order valence-electron chi connectivity index (χ1n) is 5.37. The summed E-state index contributed by atoms with van der Waals surface area (Å²) in [6.45, 7) is 2.14. The number of carboxylic acids is 1. The van der Waals surface area contributed by atoms with Gasteiger partial charge in [0, 0.05) is 13.2 Å². The number of aromatic carboxylic acids is 1. The number of aromatic nitrogens is 3. The van der Waals surface area contributed by atoms with Crippen LogP contribution in [0.1, 0.15) is 21.7 Å². The van der Waals surface area contributed by atoms with Crippen molar-refractivity contribution in [1.82, 2.24) is 14.8 Å². The van der Waals surface area contributed by atoms with Crippen LogP contribution < -0.4 is 4.74 Å². The monoisotopic (exact) mass is 247 g/mol. The van der Waals surface area contributed by atoms with Gasteiger partial charge >= 0.3 is 5.97 Å². The Kier molecular flexibility index (Phi) is 3.27. The second kappa shape index (κ2) is 4.87. The summed E-state index contributed by atoms with van der Waals surface area (Å²) in [6.07, 6.45) is 2.82. The zero-order valence-corrected chi connectivity index (χ0v) is 10.1. The molecule has 0 saturated carbocycles. The lowest BCUT2D eigenvalue weighted by Gasteiger charge is -2.08. The minimum atomic E-state index is -1.03. The van der Waals surface area contributed by atoms with E-state index in [9.17, 15) is 4.79 Å². The average Bonchev–Trinajstić information content (AvgIpc) is 2.65. The van der Waals surface area contributed by atoms with Gasteiger partial charge in [-0.2, -0.15) is 5.10 Å². The summed E-state index contributed by atoms with van der Waals surface area (Å²) in [5.41, 5.74) is 1.86. The highest BCUT2D eigenvalue weighted by Gasteiger charge is 2.11. The average molecular weight is 247 g/mol. The van der Waals surface area contributed by atoms with Crippen molar-refractivity contribution in [2.24, 2.45) is 7.05 Å². The number of ether oxygens (including phenoxy) is 1. The van der Waals surface area contributed by atoms with Gasteiger partial charge in [0.1, 0.15) is 12.2 Å². The zero-order chi connectivity index (χ0) is 13.1. The molecule has 6 nitrogen and oxygen atoms in total. The Morgan fingerprint density at radius 3 is 2.94 bits per heavy atom. The van der Waals surface area contributed by atoms with Gasteiger partial charge in [0.05, 0.1) is 17.6 Å². The summed E-state index contributed by atoms with van der Waals surface area (Å²) in [4.78, 5) is 14.8. The highest BCUT2D eigenvalue weighted by Crippen LogP contribution is 2.17. The number of rotatable bonds is 4. The molecule has 0 bridgehead atoms. The van der Waals surface area contributed by atoms with Crippen LogP contribution in [0.2, 0.25) is 0 Å². The highest BCUT2D eigenvalue weighted by atomic mass is 16.5. The normalized spacial score (nSPS) is 10.3. The van der Waals surface area contributed by atoms with Crippen molar-refractivity contribution < 1.29 is 14.6 Å². The molecule has 0 atom stereocenters. The molecule has 2 heterocycles. The lowest BCUT2D eigenvalue weighted by Crippen LogP contribution is -2.06. The van der Waals surface area contributed by atoms with E-state index in [1.54, 1.807) is 4.68 Å². The molecule has 0 amide bonds. The molecule has 0 aliphatic carbocycles. The second-order valence-corrected chi connectivity index (χ2v) is 3.87. The third-order valence-electron chi connectivity index (χ3n) is 2.49. The third-order valence-corrected chi connectivity index (χ3v) is 2.49. The van der Waals surface area contributed by atoms with Crippen molar-refractivity contribution in [1.29, 1.82) is 0 Å². The zero-order valence-electron chi connectivity index (χ0n) is 10.1. The van der Waals surface area contributed by atoms with Gasteiger partial charge < -0.3 is 9.84 Å². The largest absolute Gasteiger partial charge is 0.485 e. The minimum Gasteiger partial charge on any atom is -0.485 e. The van der Waals surface area contributed by atoms with Crippen LogP contribution in [-0.4, -0.2) is 25.8 Å². The fourth-order valence-electron chi connectivity index (χ4n) is 1.62. The van der Waals surface area contributed by atoms with E-state index in [0.29, 0.717) is 0 Å². The maximum absolute atomic E-state index is 11.0. The Labute approximate surface area is 104 Å². The second-order valence-electron chi connectivity index (χ2n) is 3.87. The molecule has 2 rings (SSSR count). The number of carboxylic acid groups (broad SMARTS) is 1. The summed E-state index contributed by atoms with van der Waals surface area (Å²) < 4.78 is 7.18. The van der Waals surface area contributed by atoms with Crippen LogP contribution in [0.3, 0.4) is 0 Å². The van der Waals surface area contributed by atoms with E-state index in [2.05, 4.69) is 10.1 Å². The molecule has 0 radical (unpaired) electrons. The van der Waals surface area contributed by atoms with Crippen molar-refractivity contribution in [3.8, 4) is 5.75 Å². The summed E-state index contributed by atoms with van der Waals surface area (Å²) in [7, 11) is 1.81. The van der Waals surface area contributed by atoms with Crippen LogP contribution >= 0.6 is 0 Å². The van der Waals surface area contributed by atoms with E-state index in [1.807, 2.05) is 20.0 Å². The van der Waals surface area contributed by atoms with E-state index < -0.39 is 5.97 Å². The standard InChI is InChI=1S/C12H13N3O3/c1-8-5-9(15(2)14-8)7-18-11-6-13-4-3-10(11)12(16)17/h3-6H,7H2,1-2H3,(H,16,17). The maximum Gasteiger partial charge on any atom is 0.339 e. The van der Waals surface area contributed by atoms with Crippen LogP contribution in [0.5, 0.6) is 5.75 Å². The summed E-state index contributed by atoms with van der Waals surface area (Å²) in [5, 5.41) is 13.2. The summed E-state index contributed by atoms with van der Waals surface area (Å²) >= 11 is 0. The number of carbonyl (C=O) groups is 1. The Hall–Kier alpha value is -2.37. The molecular weight excluding hydrogens is 234 g/mol. The van der Waals surface area contributed by atoms with E-state index >= 15 is 0 Å². The molecule has 0 aliphatic heterocycles. The summed E-state index contributed by atoms with van der Waals surface area (Å²) in [5.74, 6) is -0.780. The topological polar surface area (TPSA) is 77.2 Å². The molecule has 0 aromatic carbocycles. The number of hydrogen-bond donors (Lipinski definition) is 1. The lowest BCUT2D eigenvalue weighted by molar-refractivity contribution is 0.0691. The minimum absolute atomic E-state index is 0.101. The molecule has 94 valence electrons. The Bertz CT molecular complexity index is 578. The first-order valence-corrected chi connectivity index (χ1v) is 5.37. The Morgan fingerprint density at radius 2 is 2.33 bits per heavy atom. The van der Waals surface area contributed by atoms with Crippen molar-refractivity contribution >= 4 is 5.97 Å². The van der Waals surface area contributed by atoms with E-state index in [4.69, 9.17) is 9.84 Å². The molecule has 0 spiro atoms. The molecule has 0 fully saturated rings. The van der Waals surface area contributed by atoms with Gasteiger partial charge in [-0.3, -0.25) is 9.67 Å². The molecular formula is C12H13N3O3. The Morgan fingerprint density at radius 1 is 1.56 bits per heavy atom. The van der Waals surface area contributed by atoms with Crippen molar-refractivity contribution in [3.05, 3.63) is 41.5 Å². The van der Waals surface area contributed by atoms with Gasteiger partial charge in [-0.15, -0.1) is 0 Å². The van der Waals surface area contributed by atoms with Gasteiger partial charge in [0.15, 0.2) is 5.75 Å². The van der Waals surface area contributed by atoms with E-state index in [0.717, 1.165) is 11.4 Å². The molecule has 0 unspecified atom stereocenters.